The van der Waals surface area contributed by atoms with Crippen LogP contribution in [0.15, 0.2) is 0 Å². The van der Waals surface area contributed by atoms with E-state index < -0.39 is 0 Å². The summed E-state index contributed by atoms with van der Waals surface area (Å²) in [6.07, 6.45) is 0. The van der Waals surface area contributed by atoms with Gasteiger partial charge in [0, 0.05) is 6.04 Å². The van der Waals surface area contributed by atoms with Gasteiger partial charge >= 0.3 is 0 Å². The van der Waals surface area contributed by atoms with Crippen molar-refractivity contribution in [2.24, 2.45) is 5.41 Å². The quantitative estimate of drug-likeness (QED) is 0.598. The summed E-state index contributed by atoms with van der Waals surface area (Å²) in [5, 5.41) is 3.20. The maximum atomic E-state index is 3.20. The van der Waals surface area contributed by atoms with Crippen LogP contribution < -0.4 is 5.32 Å². The Hall–Kier alpha value is -0.0400. The van der Waals surface area contributed by atoms with Crippen LogP contribution in [0.25, 0.3) is 0 Å². The molecule has 0 amide bonds. The number of nitrogens with one attached hydrogen (secondary N) is 1. The van der Waals surface area contributed by atoms with Gasteiger partial charge in [0.1, 0.15) is 0 Å². The highest BCUT2D eigenvalue weighted by Gasteiger charge is 2.16. The Morgan fingerprint density at radius 3 is 1.40 bits per heavy atom. The molecule has 0 aromatic rings. The maximum absolute atomic E-state index is 3.20. The Kier molecular flexibility index (Phi) is 7.22. The summed E-state index contributed by atoms with van der Waals surface area (Å²) >= 11 is 0. The van der Waals surface area contributed by atoms with Crippen molar-refractivity contribution in [1.82, 2.24) is 5.32 Å². The van der Waals surface area contributed by atoms with Gasteiger partial charge in [-0.2, -0.15) is 0 Å². The molecule has 1 N–H and O–H groups in total. The van der Waals surface area contributed by atoms with E-state index in [9.17, 15) is 0 Å². The molecule has 0 aliphatic carbocycles. The zero-order valence-electron chi connectivity index (χ0n) is 8.58. The molecule has 0 bridgehead atoms. The van der Waals surface area contributed by atoms with Crippen molar-refractivity contribution < 1.29 is 0 Å². The third kappa shape index (κ3) is 6.09. The summed E-state index contributed by atoms with van der Waals surface area (Å²) in [5.74, 6) is 0. The molecule has 0 aromatic carbocycles. The van der Waals surface area contributed by atoms with E-state index in [4.69, 9.17) is 0 Å². The molecule has 0 spiro atoms. The summed E-state index contributed by atoms with van der Waals surface area (Å²) < 4.78 is 0. The van der Waals surface area contributed by atoms with E-state index in [1.54, 1.807) is 0 Å². The third-order valence-electron chi connectivity index (χ3n) is 1.73. The minimum atomic E-state index is 0.398. The van der Waals surface area contributed by atoms with E-state index in [1.807, 2.05) is 20.9 Å². The van der Waals surface area contributed by atoms with E-state index in [-0.39, 0.29) is 0 Å². The molecule has 0 aromatic heterocycles. The van der Waals surface area contributed by atoms with Crippen LogP contribution in [0.2, 0.25) is 0 Å². The molecule has 1 unspecified atom stereocenters. The number of hydrogen-bond acceptors (Lipinski definition) is 1. The lowest BCUT2D eigenvalue weighted by molar-refractivity contribution is 0.301. The van der Waals surface area contributed by atoms with E-state index in [0.29, 0.717) is 11.5 Å². The molecule has 0 aliphatic rings. The first-order valence-electron chi connectivity index (χ1n) is 4.15. The highest BCUT2D eigenvalue weighted by molar-refractivity contribution is 4.73. The first-order valence-corrected chi connectivity index (χ1v) is 4.15. The maximum Gasteiger partial charge on any atom is 0.00842 e. The molecular formula is C9H23N. The third-order valence-corrected chi connectivity index (χ3v) is 1.73. The van der Waals surface area contributed by atoms with Gasteiger partial charge in [0.15, 0.2) is 0 Å². The van der Waals surface area contributed by atoms with Crippen LogP contribution in [-0.2, 0) is 0 Å². The molecular weight excluding hydrogens is 122 g/mol. The van der Waals surface area contributed by atoms with Gasteiger partial charge in [-0.1, -0.05) is 34.6 Å². The normalized spacial score (nSPS) is 13.5. The molecule has 0 heterocycles. The largest absolute Gasteiger partial charge is 0.317 e. The van der Waals surface area contributed by atoms with Crippen molar-refractivity contribution in [2.45, 2.75) is 47.6 Å². The topological polar surface area (TPSA) is 12.0 Å². The van der Waals surface area contributed by atoms with Gasteiger partial charge in [0.2, 0.25) is 0 Å². The predicted molar refractivity (Wildman–Crippen MR) is 49.3 cm³/mol. The number of hydrogen-bond donors (Lipinski definition) is 1. The standard InChI is InChI=1S/C7H17N.C2H6/c1-6(8-5)7(2,3)4;1-2/h6,8H,1-5H3;1-2H3. The smallest absolute Gasteiger partial charge is 0.00842 e. The van der Waals surface area contributed by atoms with E-state index in [1.165, 1.54) is 0 Å². The van der Waals surface area contributed by atoms with E-state index in [0.717, 1.165) is 0 Å². The fourth-order valence-corrected chi connectivity index (χ4v) is 0.433. The average Bonchev–Trinajstić information content (AvgIpc) is 1.89. The molecule has 1 nitrogen and oxygen atoms in total. The van der Waals surface area contributed by atoms with Gasteiger partial charge in [0.05, 0.1) is 0 Å². The van der Waals surface area contributed by atoms with Gasteiger partial charge in [-0.15, -0.1) is 0 Å². The molecule has 0 rings (SSSR count). The molecule has 0 aliphatic heterocycles. The van der Waals surface area contributed by atoms with Crippen molar-refractivity contribution in [1.29, 1.82) is 0 Å². The lowest BCUT2D eigenvalue weighted by atomic mass is 9.88. The van der Waals surface area contributed by atoms with E-state index >= 15 is 0 Å². The minimum absolute atomic E-state index is 0.398. The second kappa shape index (κ2) is 5.72. The molecule has 64 valence electrons. The summed E-state index contributed by atoms with van der Waals surface area (Å²) in [5.41, 5.74) is 0.398. The van der Waals surface area contributed by atoms with Gasteiger partial charge in [-0.25, -0.2) is 0 Å². The van der Waals surface area contributed by atoms with Gasteiger partial charge in [-0.3, -0.25) is 0 Å². The lowest BCUT2D eigenvalue weighted by Crippen LogP contribution is -2.34. The Morgan fingerprint density at radius 2 is 1.40 bits per heavy atom. The van der Waals surface area contributed by atoms with Crippen molar-refractivity contribution in [2.75, 3.05) is 7.05 Å². The van der Waals surface area contributed by atoms with Gasteiger partial charge in [-0.05, 0) is 19.4 Å². The fraction of sp³-hybridized carbons (Fsp3) is 1.00. The first kappa shape index (κ1) is 12.6. The van der Waals surface area contributed by atoms with Gasteiger partial charge in [0.25, 0.3) is 0 Å². The summed E-state index contributed by atoms with van der Waals surface area (Å²) in [6.45, 7) is 12.9. The monoisotopic (exact) mass is 145 g/mol. The van der Waals surface area contributed by atoms with Crippen LogP contribution in [0.3, 0.4) is 0 Å². The molecule has 1 heteroatoms. The van der Waals surface area contributed by atoms with Gasteiger partial charge < -0.3 is 5.32 Å². The van der Waals surface area contributed by atoms with Crippen LogP contribution in [0.5, 0.6) is 0 Å². The molecule has 0 radical (unpaired) electrons. The fourth-order valence-electron chi connectivity index (χ4n) is 0.433. The lowest BCUT2D eigenvalue weighted by Gasteiger charge is -2.26. The zero-order valence-corrected chi connectivity index (χ0v) is 8.58. The average molecular weight is 145 g/mol. The van der Waals surface area contributed by atoms with Crippen molar-refractivity contribution in [3.63, 3.8) is 0 Å². The van der Waals surface area contributed by atoms with Crippen LogP contribution >= 0.6 is 0 Å². The Balaban J connectivity index is 0. The summed E-state index contributed by atoms with van der Waals surface area (Å²) in [4.78, 5) is 0. The summed E-state index contributed by atoms with van der Waals surface area (Å²) in [6, 6.07) is 0.600. The SMILES string of the molecule is CC.CNC(C)C(C)(C)C. The molecule has 10 heavy (non-hydrogen) atoms. The van der Waals surface area contributed by atoms with Crippen molar-refractivity contribution in [3.8, 4) is 0 Å². The van der Waals surface area contributed by atoms with Crippen molar-refractivity contribution >= 4 is 0 Å². The molecule has 1 atom stereocenters. The van der Waals surface area contributed by atoms with Crippen LogP contribution in [0.4, 0.5) is 0 Å². The van der Waals surface area contributed by atoms with Crippen LogP contribution in [0.1, 0.15) is 41.5 Å². The van der Waals surface area contributed by atoms with Crippen LogP contribution in [-0.4, -0.2) is 13.1 Å². The first-order chi connectivity index (χ1) is 4.48. The Morgan fingerprint density at radius 1 is 1.10 bits per heavy atom. The van der Waals surface area contributed by atoms with E-state index in [2.05, 4.69) is 33.0 Å². The molecule has 0 fully saturated rings. The Bertz CT molecular complexity index is 61.6. The van der Waals surface area contributed by atoms with Crippen molar-refractivity contribution in [3.05, 3.63) is 0 Å². The molecule has 0 saturated heterocycles. The van der Waals surface area contributed by atoms with Crippen LogP contribution in [0, 0.1) is 5.41 Å². The molecule has 0 saturated carbocycles. The number of rotatable bonds is 1. The minimum Gasteiger partial charge on any atom is -0.317 e. The highest BCUT2D eigenvalue weighted by Crippen LogP contribution is 2.17. The predicted octanol–water partition coefficient (Wildman–Crippen LogP) is 2.67. The second-order valence-corrected chi connectivity index (χ2v) is 3.38. The second-order valence-electron chi connectivity index (χ2n) is 3.38. The zero-order chi connectivity index (χ0) is 8.78. The summed E-state index contributed by atoms with van der Waals surface area (Å²) in [7, 11) is 2.00. The highest BCUT2D eigenvalue weighted by atomic mass is 14.9. The Labute approximate surface area is 66.2 Å².